The molecule has 0 aromatic heterocycles. The maximum Gasteiger partial charge on any atom is 0.239 e. The van der Waals surface area contributed by atoms with E-state index < -0.39 is 0 Å². The molecule has 1 amide bonds. The van der Waals surface area contributed by atoms with Crippen LogP contribution in [0.3, 0.4) is 0 Å². The summed E-state index contributed by atoms with van der Waals surface area (Å²) in [6, 6.07) is 1.36. The summed E-state index contributed by atoms with van der Waals surface area (Å²) in [7, 11) is 5.85. The first-order chi connectivity index (χ1) is 7.58. The van der Waals surface area contributed by atoms with Crippen molar-refractivity contribution >= 4 is 5.91 Å². The van der Waals surface area contributed by atoms with Crippen LogP contribution in [-0.2, 0) is 4.79 Å². The number of nitrogens with zero attached hydrogens (tertiary/aromatic N) is 2. The van der Waals surface area contributed by atoms with Crippen molar-refractivity contribution in [3.05, 3.63) is 0 Å². The molecule has 1 heterocycles. The lowest BCUT2D eigenvalue weighted by molar-refractivity contribution is -0.130. The molecule has 2 rings (SSSR count). The SMILES string of the molecule is CN(C)C(=O)C1CCC(CN(C)C2CC2)N1. The Kier molecular flexibility index (Phi) is 3.50. The molecule has 92 valence electrons. The minimum absolute atomic E-state index is 0.0487. The van der Waals surface area contributed by atoms with Gasteiger partial charge in [0, 0.05) is 32.7 Å². The summed E-state index contributed by atoms with van der Waals surface area (Å²) in [4.78, 5) is 15.9. The first-order valence-electron chi connectivity index (χ1n) is 6.25. The van der Waals surface area contributed by atoms with Crippen molar-refractivity contribution in [1.29, 1.82) is 0 Å². The largest absolute Gasteiger partial charge is 0.347 e. The number of carbonyl (C=O) groups is 1. The molecule has 1 saturated heterocycles. The van der Waals surface area contributed by atoms with Crippen LogP contribution in [0.1, 0.15) is 25.7 Å². The number of carbonyl (C=O) groups excluding carboxylic acids is 1. The van der Waals surface area contributed by atoms with Crippen LogP contribution in [-0.4, -0.2) is 61.5 Å². The fourth-order valence-electron chi connectivity index (χ4n) is 2.48. The van der Waals surface area contributed by atoms with E-state index in [0.717, 1.165) is 25.4 Å². The molecule has 2 fully saturated rings. The van der Waals surface area contributed by atoms with Crippen molar-refractivity contribution in [3.8, 4) is 0 Å². The quantitative estimate of drug-likeness (QED) is 0.747. The van der Waals surface area contributed by atoms with Gasteiger partial charge in [0.1, 0.15) is 0 Å². The zero-order valence-corrected chi connectivity index (χ0v) is 10.6. The van der Waals surface area contributed by atoms with Gasteiger partial charge >= 0.3 is 0 Å². The van der Waals surface area contributed by atoms with Crippen molar-refractivity contribution in [2.45, 2.75) is 43.8 Å². The summed E-state index contributed by atoms with van der Waals surface area (Å²) in [5, 5.41) is 3.45. The first kappa shape index (κ1) is 11.9. The second-order valence-corrected chi connectivity index (χ2v) is 5.40. The van der Waals surface area contributed by atoms with E-state index in [2.05, 4.69) is 17.3 Å². The second-order valence-electron chi connectivity index (χ2n) is 5.40. The lowest BCUT2D eigenvalue weighted by Crippen LogP contribution is -2.45. The highest BCUT2D eigenvalue weighted by molar-refractivity contribution is 5.81. The molecular weight excluding hydrogens is 202 g/mol. The smallest absolute Gasteiger partial charge is 0.239 e. The molecule has 16 heavy (non-hydrogen) atoms. The highest BCUT2D eigenvalue weighted by atomic mass is 16.2. The third-order valence-electron chi connectivity index (χ3n) is 3.66. The van der Waals surface area contributed by atoms with Crippen molar-refractivity contribution in [1.82, 2.24) is 15.1 Å². The van der Waals surface area contributed by atoms with E-state index in [1.807, 2.05) is 14.1 Å². The molecule has 0 spiro atoms. The Bertz CT molecular complexity index is 263. The molecule has 1 N–H and O–H groups in total. The summed E-state index contributed by atoms with van der Waals surface area (Å²) >= 11 is 0. The van der Waals surface area contributed by atoms with Crippen LogP contribution < -0.4 is 5.32 Å². The maximum atomic E-state index is 11.8. The van der Waals surface area contributed by atoms with Crippen LogP contribution in [0.15, 0.2) is 0 Å². The van der Waals surface area contributed by atoms with Gasteiger partial charge in [-0.15, -0.1) is 0 Å². The summed E-state index contributed by atoms with van der Waals surface area (Å²) in [5.41, 5.74) is 0. The van der Waals surface area contributed by atoms with E-state index in [4.69, 9.17) is 0 Å². The maximum absolute atomic E-state index is 11.8. The standard InChI is InChI=1S/C12H23N3O/c1-14(2)12(16)11-7-4-9(13-11)8-15(3)10-5-6-10/h9-11,13H,4-8H2,1-3H3. The molecule has 4 nitrogen and oxygen atoms in total. The van der Waals surface area contributed by atoms with Gasteiger partial charge in [-0.05, 0) is 32.7 Å². The van der Waals surface area contributed by atoms with Crippen LogP contribution in [0.4, 0.5) is 0 Å². The Hall–Kier alpha value is -0.610. The highest BCUT2D eigenvalue weighted by Gasteiger charge is 2.33. The van der Waals surface area contributed by atoms with Crippen LogP contribution in [0, 0.1) is 0 Å². The molecule has 1 aliphatic carbocycles. The lowest BCUT2D eigenvalue weighted by atomic mass is 10.2. The fourth-order valence-corrected chi connectivity index (χ4v) is 2.48. The molecule has 2 unspecified atom stereocenters. The average Bonchev–Trinajstić information content (AvgIpc) is 2.99. The van der Waals surface area contributed by atoms with E-state index in [1.54, 1.807) is 4.90 Å². The van der Waals surface area contributed by atoms with Crippen molar-refractivity contribution in [2.24, 2.45) is 0 Å². The van der Waals surface area contributed by atoms with Gasteiger partial charge in [-0.1, -0.05) is 0 Å². The zero-order chi connectivity index (χ0) is 11.7. The van der Waals surface area contributed by atoms with Gasteiger partial charge in [0.25, 0.3) is 0 Å². The third kappa shape index (κ3) is 2.74. The van der Waals surface area contributed by atoms with Gasteiger partial charge in [-0.25, -0.2) is 0 Å². The molecule has 2 atom stereocenters. The molecule has 0 radical (unpaired) electrons. The van der Waals surface area contributed by atoms with Crippen LogP contribution in [0.25, 0.3) is 0 Å². The first-order valence-corrected chi connectivity index (χ1v) is 6.25. The normalized spacial score (nSPS) is 29.8. The van der Waals surface area contributed by atoms with E-state index in [9.17, 15) is 4.79 Å². The van der Waals surface area contributed by atoms with Crippen LogP contribution in [0.2, 0.25) is 0 Å². The zero-order valence-electron chi connectivity index (χ0n) is 10.6. The molecule has 2 aliphatic rings. The number of hydrogen-bond donors (Lipinski definition) is 1. The summed E-state index contributed by atoms with van der Waals surface area (Å²) < 4.78 is 0. The lowest BCUT2D eigenvalue weighted by Gasteiger charge is -2.22. The average molecular weight is 225 g/mol. The molecule has 1 aliphatic heterocycles. The predicted molar refractivity (Wildman–Crippen MR) is 64.3 cm³/mol. The van der Waals surface area contributed by atoms with Crippen LogP contribution >= 0.6 is 0 Å². The summed E-state index contributed by atoms with van der Waals surface area (Å²) in [6.07, 6.45) is 4.81. The fraction of sp³-hybridized carbons (Fsp3) is 0.917. The van der Waals surface area contributed by atoms with E-state index >= 15 is 0 Å². The minimum Gasteiger partial charge on any atom is -0.347 e. The van der Waals surface area contributed by atoms with Gasteiger partial charge in [0.05, 0.1) is 6.04 Å². The summed E-state index contributed by atoms with van der Waals surface area (Å²) in [6.45, 7) is 1.09. The number of nitrogens with one attached hydrogen (secondary N) is 1. The van der Waals surface area contributed by atoms with E-state index in [-0.39, 0.29) is 11.9 Å². The van der Waals surface area contributed by atoms with E-state index in [1.165, 1.54) is 12.8 Å². The van der Waals surface area contributed by atoms with Gasteiger partial charge in [0.2, 0.25) is 5.91 Å². The van der Waals surface area contributed by atoms with Crippen molar-refractivity contribution in [3.63, 3.8) is 0 Å². The Morgan fingerprint density at radius 3 is 2.44 bits per heavy atom. The number of hydrogen-bond acceptors (Lipinski definition) is 3. The molecule has 0 aromatic rings. The van der Waals surface area contributed by atoms with Gasteiger partial charge < -0.3 is 15.1 Å². The topological polar surface area (TPSA) is 35.6 Å². The molecular formula is C12H23N3O. The third-order valence-corrected chi connectivity index (χ3v) is 3.66. The molecule has 1 saturated carbocycles. The van der Waals surface area contributed by atoms with Crippen LogP contribution in [0.5, 0.6) is 0 Å². The highest BCUT2D eigenvalue weighted by Crippen LogP contribution is 2.26. The predicted octanol–water partition coefficient (Wildman–Crippen LogP) is 0.289. The monoisotopic (exact) mass is 225 g/mol. The number of likely N-dealkylation sites (N-methyl/N-ethyl adjacent to an activating group) is 2. The molecule has 4 heteroatoms. The van der Waals surface area contributed by atoms with Gasteiger partial charge in [-0.2, -0.15) is 0 Å². The number of rotatable bonds is 4. The summed E-state index contributed by atoms with van der Waals surface area (Å²) in [5.74, 6) is 0.219. The van der Waals surface area contributed by atoms with E-state index in [0.29, 0.717) is 6.04 Å². The van der Waals surface area contributed by atoms with Gasteiger partial charge in [0.15, 0.2) is 0 Å². The Morgan fingerprint density at radius 1 is 1.19 bits per heavy atom. The minimum atomic E-state index is 0.0487. The van der Waals surface area contributed by atoms with Crippen molar-refractivity contribution < 1.29 is 4.79 Å². The second kappa shape index (κ2) is 4.72. The van der Waals surface area contributed by atoms with Gasteiger partial charge in [-0.3, -0.25) is 4.79 Å². The van der Waals surface area contributed by atoms with Crippen molar-refractivity contribution in [2.75, 3.05) is 27.7 Å². The Balaban J connectivity index is 1.76. The Morgan fingerprint density at radius 2 is 1.88 bits per heavy atom. The number of amides is 1. The molecule has 0 bridgehead atoms. The Labute approximate surface area is 98.0 Å². The molecule has 0 aromatic carbocycles.